The molecule has 0 radical (unpaired) electrons. The summed E-state index contributed by atoms with van der Waals surface area (Å²) in [5, 5.41) is 2.98. The number of sulfonamides is 1. The number of nitrogens with one attached hydrogen (secondary N) is 1. The SMILES string of the molecule is Cc1ccc(CN(C(=O)CN(c2ccccc2C)S(=O)(=O)c2ccccc2)[C@H](Cc2ccccc2)C(=O)NC(C)C)cc1. The van der Waals surface area contributed by atoms with Crippen molar-refractivity contribution in [1.82, 2.24) is 10.2 Å². The zero-order valence-electron chi connectivity index (χ0n) is 25.1. The van der Waals surface area contributed by atoms with Crippen molar-refractivity contribution in [1.29, 1.82) is 0 Å². The third-order valence-corrected chi connectivity index (χ3v) is 8.94. The van der Waals surface area contributed by atoms with Crippen LogP contribution in [0.1, 0.15) is 36.1 Å². The fraction of sp³-hybridized carbons (Fsp3) is 0.257. The topological polar surface area (TPSA) is 86.8 Å². The lowest BCUT2D eigenvalue weighted by Crippen LogP contribution is -2.54. The molecule has 7 nitrogen and oxygen atoms in total. The molecule has 224 valence electrons. The predicted octanol–water partition coefficient (Wildman–Crippen LogP) is 5.66. The minimum atomic E-state index is -4.12. The van der Waals surface area contributed by atoms with E-state index in [0.717, 1.165) is 21.0 Å². The molecule has 2 amide bonds. The fourth-order valence-corrected chi connectivity index (χ4v) is 6.40. The average molecular weight is 598 g/mol. The minimum Gasteiger partial charge on any atom is -0.352 e. The molecule has 0 spiro atoms. The minimum absolute atomic E-state index is 0.0783. The highest BCUT2D eigenvalue weighted by atomic mass is 32.2. The number of amides is 2. The highest BCUT2D eigenvalue weighted by molar-refractivity contribution is 7.92. The third-order valence-electron chi connectivity index (χ3n) is 7.17. The van der Waals surface area contributed by atoms with E-state index in [1.165, 1.54) is 17.0 Å². The summed E-state index contributed by atoms with van der Waals surface area (Å²) >= 11 is 0. The molecular formula is C35H39N3O4S. The van der Waals surface area contributed by atoms with E-state index in [9.17, 15) is 18.0 Å². The van der Waals surface area contributed by atoms with Gasteiger partial charge in [0.2, 0.25) is 11.8 Å². The van der Waals surface area contributed by atoms with Crippen LogP contribution in [0.2, 0.25) is 0 Å². The van der Waals surface area contributed by atoms with E-state index >= 15 is 0 Å². The number of hydrogen-bond donors (Lipinski definition) is 1. The van der Waals surface area contributed by atoms with Crippen molar-refractivity contribution in [3.8, 4) is 0 Å². The first kappa shape index (κ1) is 31.5. The van der Waals surface area contributed by atoms with E-state index in [1.807, 2.05) is 94.4 Å². The molecule has 4 aromatic rings. The summed E-state index contributed by atoms with van der Waals surface area (Å²) in [4.78, 5) is 29.8. The summed E-state index contributed by atoms with van der Waals surface area (Å²) in [6.07, 6.45) is 0.271. The van der Waals surface area contributed by atoms with Crippen molar-refractivity contribution in [2.45, 2.75) is 57.6 Å². The number of rotatable bonds is 12. The van der Waals surface area contributed by atoms with Crippen LogP contribution in [0.3, 0.4) is 0 Å². The lowest BCUT2D eigenvalue weighted by atomic mass is 10.0. The van der Waals surface area contributed by atoms with Gasteiger partial charge in [-0.25, -0.2) is 8.42 Å². The molecular weight excluding hydrogens is 558 g/mol. The van der Waals surface area contributed by atoms with Crippen LogP contribution in [0, 0.1) is 13.8 Å². The molecule has 0 saturated heterocycles. The van der Waals surface area contributed by atoms with Gasteiger partial charge >= 0.3 is 0 Å². The molecule has 4 aromatic carbocycles. The van der Waals surface area contributed by atoms with Crippen LogP contribution < -0.4 is 9.62 Å². The molecule has 0 saturated carbocycles. The van der Waals surface area contributed by atoms with Gasteiger partial charge in [0, 0.05) is 19.0 Å². The third kappa shape index (κ3) is 8.11. The van der Waals surface area contributed by atoms with Crippen LogP contribution in [0.15, 0.2) is 114 Å². The Morgan fingerprint density at radius 3 is 1.93 bits per heavy atom. The molecule has 0 aliphatic carbocycles. The van der Waals surface area contributed by atoms with Gasteiger partial charge in [-0.1, -0.05) is 96.6 Å². The zero-order chi connectivity index (χ0) is 31.0. The van der Waals surface area contributed by atoms with Gasteiger partial charge in [-0.2, -0.15) is 0 Å². The van der Waals surface area contributed by atoms with Crippen molar-refractivity contribution in [2.75, 3.05) is 10.8 Å². The Morgan fingerprint density at radius 2 is 1.33 bits per heavy atom. The number of carbonyl (C=O) groups is 2. The van der Waals surface area contributed by atoms with Gasteiger partial charge in [-0.05, 0) is 62.6 Å². The largest absolute Gasteiger partial charge is 0.352 e. The monoisotopic (exact) mass is 597 g/mol. The first-order chi connectivity index (χ1) is 20.6. The van der Waals surface area contributed by atoms with E-state index in [2.05, 4.69) is 5.32 Å². The fourth-order valence-electron chi connectivity index (χ4n) is 4.90. The second kappa shape index (κ2) is 14.2. The van der Waals surface area contributed by atoms with Gasteiger partial charge in [-0.3, -0.25) is 13.9 Å². The molecule has 0 unspecified atom stereocenters. The molecule has 0 heterocycles. The van der Waals surface area contributed by atoms with Gasteiger partial charge in [0.25, 0.3) is 10.0 Å². The number of benzene rings is 4. The summed E-state index contributed by atoms with van der Waals surface area (Å²) in [6, 6.07) is 31.4. The first-order valence-corrected chi connectivity index (χ1v) is 15.8. The van der Waals surface area contributed by atoms with Crippen molar-refractivity contribution < 1.29 is 18.0 Å². The van der Waals surface area contributed by atoms with Crippen molar-refractivity contribution in [2.24, 2.45) is 0 Å². The van der Waals surface area contributed by atoms with Crippen molar-refractivity contribution in [3.05, 3.63) is 131 Å². The van der Waals surface area contributed by atoms with Crippen LogP contribution in [0.4, 0.5) is 5.69 Å². The maximum Gasteiger partial charge on any atom is 0.264 e. The van der Waals surface area contributed by atoms with Crippen molar-refractivity contribution >= 4 is 27.5 Å². The second-order valence-electron chi connectivity index (χ2n) is 11.0. The van der Waals surface area contributed by atoms with Gasteiger partial charge in [0.05, 0.1) is 10.6 Å². The Hall–Kier alpha value is -4.43. The number of aryl methyl sites for hydroxylation is 2. The van der Waals surface area contributed by atoms with Gasteiger partial charge < -0.3 is 10.2 Å². The summed E-state index contributed by atoms with van der Waals surface area (Å²) < 4.78 is 29.3. The van der Waals surface area contributed by atoms with Crippen LogP contribution in [-0.4, -0.2) is 43.8 Å². The molecule has 4 rings (SSSR count). The molecule has 0 fully saturated rings. The molecule has 43 heavy (non-hydrogen) atoms. The van der Waals surface area contributed by atoms with E-state index in [0.29, 0.717) is 11.3 Å². The van der Waals surface area contributed by atoms with E-state index in [4.69, 9.17) is 0 Å². The van der Waals surface area contributed by atoms with Gasteiger partial charge in [0.1, 0.15) is 12.6 Å². The van der Waals surface area contributed by atoms with E-state index in [-0.39, 0.29) is 29.8 Å². The number of nitrogens with zero attached hydrogens (tertiary/aromatic N) is 2. The van der Waals surface area contributed by atoms with Crippen LogP contribution in [0.5, 0.6) is 0 Å². The van der Waals surface area contributed by atoms with Crippen LogP contribution >= 0.6 is 0 Å². The Labute approximate surface area is 255 Å². The van der Waals surface area contributed by atoms with E-state index in [1.54, 1.807) is 30.3 Å². The second-order valence-corrected chi connectivity index (χ2v) is 12.8. The maximum atomic E-state index is 14.4. The summed E-state index contributed by atoms with van der Waals surface area (Å²) in [5.41, 5.74) is 3.91. The molecule has 1 N–H and O–H groups in total. The van der Waals surface area contributed by atoms with Crippen molar-refractivity contribution in [3.63, 3.8) is 0 Å². The molecule has 0 aliphatic heterocycles. The predicted molar refractivity (Wildman–Crippen MR) is 171 cm³/mol. The average Bonchev–Trinajstić information content (AvgIpc) is 2.99. The van der Waals surface area contributed by atoms with E-state index < -0.39 is 28.5 Å². The van der Waals surface area contributed by atoms with Gasteiger partial charge in [-0.15, -0.1) is 0 Å². The zero-order valence-corrected chi connectivity index (χ0v) is 25.9. The Morgan fingerprint density at radius 1 is 0.744 bits per heavy atom. The standard InChI is InChI=1S/C35H39N3O4S/c1-26(2)36-35(40)33(23-29-14-7-5-8-15-29)37(24-30-21-19-27(3)20-22-30)34(39)25-38(32-18-12-11-13-28(32)4)43(41,42)31-16-9-6-10-17-31/h5-22,26,33H,23-25H2,1-4H3,(H,36,40)/t33-/m1/s1. The molecule has 0 bridgehead atoms. The number of hydrogen-bond acceptors (Lipinski definition) is 4. The number of carbonyl (C=O) groups excluding carboxylic acids is 2. The Kier molecular flexibility index (Phi) is 10.4. The lowest BCUT2D eigenvalue weighted by molar-refractivity contribution is -0.140. The normalized spacial score (nSPS) is 12.0. The number of anilines is 1. The highest BCUT2D eigenvalue weighted by Crippen LogP contribution is 2.27. The molecule has 0 aliphatic rings. The lowest BCUT2D eigenvalue weighted by Gasteiger charge is -2.34. The summed E-state index contributed by atoms with van der Waals surface area (Å²) in [6.45, 7) is 7.19. The first-order valence-electron chi connectivity index (χ1n) is 14.4. The Bertz CT molecular complexity index is 1620. The quantitative estimate of drug-likeness (QED) is 0.228. The molecule has 1 atom stereocenters. The summed E-state index contributed by atoms with van der Waals surface area (Å²) in [5.74, 6) is -0.782. The maximum absolute atomic E-state index is 14.4. The van der Waals surface area contributed by atoms with Crippen LogP contribution in [-0.2, 0) is 32.6 Å². The summed E-state index contributed by atoms with van der Waals surface area (Å²) in [7, 11) is -4.12. The highest BCUT2D eigenvalue weighted by Gasteiger charge is 2.35. The smallest absolute Gasteiger partial charge is 0.264 e. The van der Waals surface area contributed by atoms with Gasteiger partial charge in [0.15, 0.2) is 0 Å². The Balaban J connectivity index is 1.80. The molecule has 0 aromatic heterocycles. The molecule has 8 heteroatoms. The number of para-hydroxylation sites is 1. The van der Waals surface area contributed by atoms with Crippen LogP contribution in [0.25, 0.3) is 0 Å².